The van der Waals surface area contributed by atoms with Gasteiger partial charge >= 0.3 is 0 Å². The van der Waals surface area contributed by atoms with E-state index in [1.807, 2.05) is 24.3 Å². The third kappa shape index (κ3) is 1.29. The number of aromatic nitrogens is 2. The third-order valence-electron chi connectivity index (χ3n) is 1.52. The minimum absolute atomic E-state index is 0.767. The van der Waals surface area contributed by atoms with Crippen LogP contribution in [0.25, 0.3) is 10.6 Å². The summed E-state index contributed by atoms with van der Waals surface area (Å²) >= 11 is 1.52. The van der Waals surface area contributed by atoms with Crippen LogP contribution in [0, 0.1) is 0 Å². The van der Waals surface area contributed by atoms with Crippen molar-refractivity contribution >= 4 is 17.0 Å². The summed E-state index contributed by atoms with van der Waals surface area (Å²) in [5.74, 6) is 0. The molecule has 2 aromatic rings. The molecule has 0 saturated carbocycles. The molecule has 1 aromatic heterocycles. The van der Waals surface area contributed by atoms with E-state index in [2.05, 4.69) is 10.2 Å². The van der Waals surface area contributed by atoms with Gasteiger partial charge in [-0.05, 0) is 24.3 Å². The monoisotopic (exact) mass is 177 g/mol. The van der Waals surface area contributed by atoms with Crippen LogP contribution in [0.1, 0.15) is 0 Å². The molecule has 2 N–H and O–H groups in total. The molecule has 0 saturated heterocycles. The van der Waals surface area contributed by atoms with E-state index in [-0.39, 0.29) is 0 Å². The van der Waals surface area contributed by atoms with E-state index in [1.165, 1.54) is 11.3 Å². The average molecular weight is 177 g/mol. The maximum atomic E-state index is 5.55. The van der Waals surface area contributed by atoms with Crippen molar-refractivity contribution in [3.8, 4) is 10.6 Å². The van der Waals surface area contributed by atoms with E-state index in [0.29, 0.717) is 0 Å². The highest BCUT2D eigenvalue weighted by Gasteiger charge is 1.98. The zero-order valence-corrected chi connectivity index (χ0v) is 7.08. The molecule has 1 heterocycles. The Hall–Kier alpha value is -1.42. The Bertz CT molecular complexity index is 352. The summed E-state index contributed by atoms with van der Waals surface area (Å²) in [6.07, 6.45) is 0. The summed E-state index contributed by atoms with van der Waals surface area (Å²) in [6, 6.07) is 7.60. The molecule has 4 heteroatoms. The van der Waals surface area contributed by atoms with E-state index in [9.17, 15) is 0 Å². The van der Waals surface area contributed by atoms with Crippen molar-refractivity contribution in [1.29, 1.82) is 0 Å². The Balaban J connectivity index is 2.43. The van der Waals surface area contributed by atoms with Crippen molar-refractivity contribution in [3.63, 3.8) is 0 Å². The zero-order valence-electron chi connectivity index (χ0n) is 6.27. The minimum atomic E-state index is 0.767. The Labute approximate surface area is 73.9 Å². The Kier molecular flexibility index (Phi) is 1.75. The smallest absolute Gasteiger partial charge is 0.147 e. The van der Waals surface area contributed by atoms with Crippen LogP contribution in [0.3, 0.4) is 0 Å². The van der Waals surface area contributed by atoms with Crippen molar-refractivity contribution in [2.24, 2.45) is 0 Å². The van der Waals surface area contributed by atoms with Crippen molar-refractivity contribution < 1.29 is 0 Å². The fourth-order valence-corrected chi connectivity index (χ4v) is 1.49. The molecule has 12 heavy (non-hydrogen) atoms. The highest BCUT2D eigenvalue weighted by molar-refractivity contribution is 7.12. The molecule has 0 amide bonds. The van der Waals surface area contributed by atoms with Gasteiger partial charge in [0.2, 0.25) is 0 Å². The van der Waals surface area contributed by atoms with Crippen LogP contribution in [0.5, 0.6) is 0 Å². The van der Waals surface area contributed by atoms with Crippen LogP contribution < -0.4 is 5.73 Å². The second-order valence-corrected chi connectivity index (χ2v) is 3.20. The number of nitrogens with two attached hydrogens (primary N) is 1. The maximum absolute atomic E-state index is 5.55. The van der Waals surface area contributed by atoms with Gasteiger partial charge in [-0.15, -0.1) is 10.2 Å². The molecule has 0 bridgehead atoms. The number of rotatable bonds is 1. The molecule has 2 rings (SSSR count). The molecular weight excluding hydrogens is 170 g/mol. The molecule has 0 aliphatic carbocycles. The predicted octanol–water partition coefficient (Wildman–Crippen LogP) is 1.79. The lowest BCUT2D eigenvalue weighted by atomic mass is 10.2. The summed E-state index contributed by atoms with van der Waals surface area (Å²) in [5, 5.41) is 8.63. The average Bonchev–Trinajstić information content (AvgIpc) is 2.58. The van der Waals surface area contributed by atoms with Gasteiger partial charge in [0.25, 0.3) is 0 Å². The van der Waals surface area contributed by atoms with Crippen LogP contribution in [-0.2, 0) is 0 Å². The zero-order chi connectivity index (χ0) is 8.39. The number of nitrogen functional groups attached to an aromatic ring is 1. The van der Waals surface area contributed by atoms with Crippen LogP contribution in [-0.4, -0.2) is 10.2 Å². The van der Waals surface area contributed by atoms with Gasteiger partial charge < -0.3 is 5.73 Å². The number of nitrogens with zero attached hydrogens (tertiary/aromatic N) is 2. The lowest BCUT2D eigenvalue weighted by Crippen LogP contribution is -1.83. The molecule has 0 fully saturated rings. The Morgan fingerprint density at radius 3 is 2.50 bits per heavy atom. The fraction of sp³-hybridized carbons (Fsp3) is 0. The van der Waals surface area contributed by atoms with Crippen molar-refractivity contribution in [2.75, 3.05) is 5.73 Å². The first-order chi connectivity index (χ1) is 5.86. The predicted molar refractivity (Wildman–Crippen MR) is 49.8 cm³/mol. The lowest BCUT2D eigenvalue weighted by Gasteiger charge is -1.94. The summed E-state index contributed by atoms with van der Waals surface area (Å²) in [4.78, 5) is 0. The molecule has 0 aliphatic heterocycles. The topological polar surface area (TPSA) is 51.8 Å². The lowest BCUT2D eigenvalue weighted by molar-refractivity contribution is 1.10. The third-order valence-corrected chi connectivity index (χ3v) is 2.26. The van der Waals surface area contributed by atoms with Gasteiger partial charge in [0, 0.05) is 11.3 Å². The largest absolute Gasteiger partial charge is 0.399 e. The van der Waals surface area contributed by atoms with E-state index in [4.69, 9.17) is 5.73 Å². The highest BCUT2D eigenvalue weighted by atomic mass is 32.1. The molecule has 0 aliphatic rings. The number of hydrogen-bond acceptors (Lipinski definition) is 4. The van der Waals surface area contributed by atoms with Gasteiger partial charge in [0.1, 0.15) is 10.5 Å². The van der Waals surface area contributed by atoms with Crippen molar-refractivity contribution in [3.05, 3.63) is 29.8 Å². The van der Waals surface area contributed by atoms with Crippen LogP contribution in [0.2, 0.25) is 0 Å². The minimum Gasteiger partial charge on any atom is -0.399 e. The van der Waals surface area contributed by atoms with Gasteiger partial charge in [-0.25, -0.2) is 0 Å². The standard InChI is InChI=1S/C8H7N3S/c9-7-3-1-6(2-4-7)8-11-10-5-12-8/h1-5H,9H2. The molecule has 0 unspecified atom stereocenters. The highest BCUT2D eigenvalue weighted by Crippen LogP contribution is 2.20. The molecule has 0 atom stereocenters. The number of benzene rings is 1. The number of anilines is 1. The summed E-state index contributed by atoms with van der Waals surface area (Å²) in [6.45, 7) is 0. The van der Waals surface area contributed by atoms with Gasteiger partial charge in [0.05, 0.1) is 0 Å². The van der Waals surface area contributed by atoms with Crippen LogP contribution in [0.15, 0.2) is 29.8 Å². The van der Waals surface area contributed by atoms with E-state index in [0.717, 1.165) is 16.3 Å². The van der Waals surface area contributed by atoms with Gasteiger partial charge in [-0.1, -0.05) is 11.3 Å². The first kappa shape index (κ1) is 7.24. The fourth-order valence-electron chi connectivity index (χ4n) is 0.925. The van der Waals surface area contributed by atoms with Crippen LogP contribution in [0.4, 0.5) is 5.69 Å². The summed E-state index contributed by atoms with van der Waals surface area (Å²) in [7, 11) is 0. The summed E-state index contributed by atoms with van der Waals surface area (Å²) < 4.78 is 0. The molecule has 60 valence electrons. The Morgan fingerprint density at radius 1 is 1.17 bits per heavy atom. The van der Waals surface area contributed by atoms with E-state index < -0.39 is 0 Å². The van der Waals surface area contributed by atoms with E-state index >= 15 is 0 Å². The number of hydrogen-bond donors (Lipinski definition) is 1. The maximum Gasteiger partial charge on any atom is 0.147 e. The van der Waals surface area contributed by atoms with E-state index in [1.54, 1.807) is 5.51 Å². The van der Waals surface area contributed by atoms with Crippen molar-refractivity contribution in [2.45, 2.75) is 0 Å². The molecule has 3 nitrogen and oxygen atoms in total. The van der Waals surface area contributed by atoms with Gasteiger partial charge in [0.15, 0.2) is 0 Å². The van der Waals surface area contributed by atoms with Gasteiger partial charge in [-0.3, -0.25) is 0 Å². The quantitative estimate of drug-likeness (QED) is 0.675. The summed E-state index contributed by atoms with van der Waals surface area (Å²) in [5.41, 5.74) is 9.09. The van der Waals surface area contributed by atoms with Crippen LogP contribution >= 0.6 is 11.3 Å². The molecule has 1 aromatic carbocycles. The Morgan fingerprint density at radius 2 is 1.92 bits per heavy atom. The van der Waals surface area contributed by atoms with Crippen molar-refractivity contribution in [1.82, 2.24) is 10.2 Å². The molecular formula is C8H7N3S. The first-order valence-electron chi connectivity index (χ1n) is 3.48. The first-order valence-corrected chi connectivity index (χ1v) is 4.36. The SMILES string of the molecule is Nc1ccc(-c2nncs2)cc1. The molecule has 0 spiro atoms. The second-order valence-electron chi connectivity index (χ2n) is 2.37. The molecule has 0 radical (unpaired) electrons. The second kappa shape index (κ2) is 2.91. The van der Waals surface area contributed by atoms with Gasteiger partial charge in [-0.2, -0.15) is 0 Å². The normalized spacial score (nSPS) is 10.0.